The van der Waals surface area contributed by atoms with E-state index in [0.717, 1.165) is 0 Å². The molecule has 166 valence electrons. The van der Waals surface area contributed by atoms with Gasteiger partial charge in [0.15, 0.2) is 11.5 Å². The second kappa shape index (κ2) is 9.42. The van der Waals surface area contributed by atoms with Crippen molar-refractivity contribution >= 4 is 30.5 Å². The molecular formula is C19H25N6O5P. The second-order valence-corrected chi connectivity index (χ2v) is 9.41. The number of anilines is 1. The van der Waals surface area contributed by atoms with Gasteiger partial charge in [0, 0.05) is 0 Å². The van der Waals surface area contributed by atoms with Crippen LogP contribution in [-0.4, -0.2) is 60.8 Å². The summed E-state index contributed by atoms with van der Waals surface area (Å²) in [4.78, 5) is 23.8. The lowest BCUT2D eigenvalue weighted by molar-refractivity contribution is -0.140. The average Bonchev–Trinajstić information content (AvgIpc) is 3.16. The number of nitrogen functional groups attached to an aromatic ring is 1. The van der Waals surface area contributed by atoms with E-state index in [1.54, 1.807) is 48.1 Å². The highest BCUT2D eigenvalue weighted by atomic mass is 31.2. The number of hydrogen-bond donors (Lipinski definition) is 2. The van der Waals surface area contributed by atoms with E-state index in [4.69, 9.17) is 15.0 Å². The van der Waals surface area contributed by atoms with Crippen LogP contribution in [0.1, 0.15) is 13.8 Å². The highest BCUT2D eigenvalue weighted by Gasteiger charge is 2.37. The summed E-state index contributed by atoms with van der Waals surface area (Å²) in [6.07, 6.45) is 2.22. The molecule has 0 radical (unpaired) electrons. The zero-order valence-electron chi connectivity index (χ0n) is 17.5. The molecule has 0 unspecified atom stereocenters. The first kappa shape index (κ1) is 22.7. The first-order chi connectivity index (χ1) is 14.7. The van der Waals surface area contributed by atoms with Gasteiger partial charge in [-0.25, -0.2) is 19.6 Å². The van der Waals surface area contributed by atoms with Crippen LogP contribution in [0.2, 0.25) is 0 Å². The molecule has 0 amide bonds. The molecule has 3 rings (SSSR count). The fourth-order valence-electron chi connectivity index (χ4n) is 2.84. The minimum Gasteiger partial charge on any atom is -0.480 e. The van der Waals surface area contributed by atoms with Crippen LogP contribution in [0.15, 0.2) is 43.0 Å². The number of nitrogens with zero attached hydrogens (tertiary/aromatic N) is 5. The van der Waals surface area contributed by atoms with Gasteiger partial charge in [-0.3, -0.25) is 9.36 Å². The van der Waals surface area contributed by atoms with E-state index in [-0.39, 0.29) is 12.2 Å². The molecule has 0 aliphatic carbocycles. The van der Waals surface area contributed by atoms with Crippen molar-refractivity contribution in [1.29, 1.82) is 0 Å². The number of hydrogen-bond acceptors (Lipinski definition) is 8. The summed E-state index contributed by atoms with van der Waals surface area (Å²) < 4.78 is 28.2. The lowest BCUT2D eigenvalue weighted by atomic mass is 10.3. The van der Waals surface area contributed by atoms with E-state index in [1.165, 1.54) is 25.0 Å². The zero-order chi connectivity index (χ0) is 22.6. The fraction of sp³-hybridized carbons (Fsp3) is 0.368. The summed E-state index contributed by atoms with van der Waals surface area (Å²) in [6, 6.07) is 7.54. The van der Waals surface area contributed by atoms with Crippen molar-refractivity contribution in [2.75, 3.05) is 19.1 Å². The maximum Gasteiger partial charge on any atom is 0.345 e. The number of carboxylic acid groups (broad SMARTS) is 1. The predicted octanol–water partition coefficient (Wildman–Crippen LogP) is 2.45. The van der Waals surface area contributed by atoms with E-state index in [1.807, 2.05) is 0 Å². The van der Waals surface area contributed by atoms with Gasteiger partial charge in [0.25, 0.3) is 0 Å². The molecule has 2 aromatic heterocycles. The Morgan fingerprint density at radius 1 is 1.26 bits per heavy atom. The molecule has 3 atom stereocenters. The van der Waals surface area contributed by atoms with Crippen molar-refractivity contribution in [3.63, 3.8) is 0 Å². The third-order valence-corrected chi connectivity index (χ3v) is 7.07. The highest BCUT2D eigenvalue weighted by Crippen LogP contribution is 2.51. The lowest BCUT2D eigenvalue weighted by Crippen LogP contribution is -2.36. The quantitative estimate of drug-likeness (QED) is 0.443. The Kier molecular flexibility index (Phi) is 6.89. The van der Waals surface area contributed by atoms with E-state index in [9.17, 15) is 14.5 Å². The molecule has 3 aromatic rings. The van der Waals surface area contributed by atoms with Gasteiger partial charge < -0.3 is 24.7 Å². The van der Waals surface area contributed by atoms with E-state index in [2.05, 4.69) is 15.0 Å². The van der Waals surface area contributed by atoms with Crippen LogP contribution in [0.3, 0.4) is 0 Å². The number of aliphatic carboxylic acids is 1. The van der Waals surface area contributed by atoms with Gasteiger partial charge in [0.05, 0.1) is 19.0 Å². The SMILES string of the molecule is C[C@H](Cn1cnc2c(N)ncnc21)OC[P@](=O)(Oc1ccccc1)N(C)[C@@H](C)C(=O)O. The standard InChI is InChI=1S/C19H25N6O5P/c1-13(9-25-11-23-16-17(20)21-10-22-18(16)25)29-12-31(28,24(3)14(2)19(26)27)30-15-7-5-4-6-8-15/h4-8,10-11,13-14H,9,12H2,1-3H3,(H,26,27)(H2,20,21,22)/t13-,14+,31+/m1/s1. The summed E-state index contributed by atoms with van der Waals surface area (Å²) in [7, 11) is -2.24. The average molecular weight is 448 g/mol. The number of rotatable bonds is 10. The molecular weight excluding hydrogens is 423 g/mol. The summed E-state index contributed by atoms with van der Waals surface area (Å²) in [6.45, 7) is 3.59. The Hall–Kier alpha value is -3.01. The molecule has 0 saturated heterocycles. The Labute approximate surface area is 179 Å². The smallest absolute Gasteiger partial charge is 0.345 e. The van der Waals surface area contributed by atoms with Crippen molar-refractivity contribution in [1.82, 2.24) is 24.2 Å². The number of benzene rings is 1. The molecule has 0 spiro atoms. The van der Waals surface area contributed by atoms with Crippen LogP contribution in [0.25, 0.3) is 11.2 Å². The first-order valence-corrected chi connectivity index (χ1v) is 11.3. The number of aromatic nitrogens is 4. The number of para-hydroxylation sites is 1. The first-order valence-electron chi connectivity index (χ1n) is 9.54. The van der Waals surface area contributed by atoms with Crippen LogP contribution in [-0.2, 0) is 20.6 Å². The van der Waals surface area contributed by atoms with E-state index >= 15 is 0 Å². The molecule has 31 heavy (non-hydrogen) atoms. The molecule has 0 fully saturated rings. The van der Waals surface area contributed by atoms with Crippen molar-refractivity contribution < 1.29 is 23.7 Å². The van der Waals surface area contributed by atoms with Gasteiger partial charge in [-0.05, 0) is 33.0 Å². The Morgan fingerprint density at radius 2 is 1.97 bits per heavy atom. The number of imidazole rings is 1. The van der Waals surface area contributed by atoms with Crippen LogP contribution >= 0.6 is 7.52 Å². The van der Waals surface area contributed by atoms with Gasteiger partial charge in [-0.15, -0.1) is 0 Å². The third-order valence-electron chi connectivity index (χ3n) is 4.80. The summed E-state index contributed by atoms with van der Waals surface area (Å²) >= 11 is 0. The molecule has 1 aromatic carbocycles. The molecule has 0 bridgehead atoms. The maximum absolute atomic E-state index is 13.7. The lowest BCUT2D eigenvalue weighted by Gasteiger charge is -2.31. The summed E-state index contributed by atoms with van der Waals surface area (Å²) in [5.74, 6) is -0.476. The summed E-state index contributed by atoms with van der Waals surface area (Å²) in [5, 5.41) is 9.36. The molecule has 2 heterocycles. The molecule has 0 aliphatic rings. The third kappa shape index (κ3) is 5.19. The Bertz CT molecular complexity index is 1090. The van der Waals surface area contributed by atoms with Gasteiger partial charge in [-0.1, -0.05) is 18.2 Å². The fourth-order valence-corrected chi connectivity index (χ4v) is 4.72. The van der Waals surface area contributed by atoms with Crippen LogP contribution in [0.5, 0.6) is 5.75 Å². The zero-order valence-corrected chi connectivity index (χ0v) is 18.3. The number of carboxylic acids is 1. The van der Waals surface area contributed by atoms with Gasteiger partial charge in [0.1, 0.15) is 30.0 Å². The van der Waals surface area contributed by atoms with Crippen LogP contribution in [0, 0.1) is 0 Å². The van der Waals surface area contributed by atoms with Crippen LogP contribution < -0.4 is 10.3 Å². The van der Waals surface area contributed by atoms with Crippen molar-refractivity contribution in [2.45, 2.75) is 32.5 Å². The normalized spacial score (nSPS) is 15.5. The maximum atomic E-state index is 13.7. The van der Waals surface area contributed by atoms with Gasteiger partial charge in [0.2, 0.25) is 0 Å². The highest BCUT2D eigenvalue weighted by molar-refractivity contribution is 7.56. The number of fused-ring (bicyclic) bond motifs is 1. The molecule has 0 saturated carbocycles. The Balaban J connectivity index is 1.75. The van der Waals surface area contributed by atoms with Crippen molar-refractivity contribution in [3.8, 4) is 5.75 Å². The molecule has 0 aliphatic heterocycles. The number of nitrogens with two attached hydrogens (primary N) is 1. The van der Waals surface area contributed by atoms with E-state index < -0.39 is 25.6 Å². The summed E-state index contributed by atoms with van der Waals surface area (Å²) in [5.41, 5.74) is 6.86. The Morgan fingerprint density at radius 3 is 2.65 bits per heavy atom. The number of likely N-dealkylation sites (N-methyl/N-ethyl adjacent to an activating group) is 1. The van der Waals surface area contributed by atoms with Gasteiger partial charge in [-0.2, -0.15) is 0 Å². The molecule has 3 N–H and O–H groups in total. The topological polar surface area (TPSA) is 146 Å². The van der Waals surface area contributed by atoms with Crippen molar-refractivity contribution in [2.24, 2.45) is 0 Å². The minimum absolute atomic E-state index is 0.280. The number of carbonyl (C=O) groups is 1. The monoisotopic (exact) mass is 448 g/mol. The van der Waals surface area contributed by atoms with E-state index in [0.29, 0.717) is 23.5 Å². The minimum atomic E-state index is -3.68. The second-order valence-electron chi connectivity index (χ2n) is 7.06. The van der Waals surface area contributed by atoms with Gasteiger partial charge >= 0.3 is 13.5 Å². The molecule has 12 heteroatoms. The molecule has 11 nitrogen and oxygen atoms in total. The largest absolute Gasteiger partial charge is 0.480 e. The van der Waals surface area contributed by atoms with Crippen LogP contribution in [0.4, 0.5) is 5.82 Å². The predicted molar refractivity (Wildman–Crippen MR) is 115 cm³/mol. The van der Waals surface area contributed by atoms with Crippen molar-refractivity contribution in [3.05, 3.63) is 43.0 Å². The number of ether oxygens (including phenoxy) is 1.